The number of hydrogen-bond acceptors (Lipinski definition) is 0. The van der Waals surface area contributed by atoms with Crippen molar-refractivity contribution in [1.82, 2.24) is 0 Å². The standard InChI is InChI=1S/C14H20/c1-10(2)12-7-8-13(11(3)9-12)14(4,5)6/h7-9H,1H2,2-6H3. The molecule has 0 atom stereocenters. The maximum absolute atomic E-state index is 3.96. The summed E-state index contributed by atoms with van der Waals surface area (Å²) in [6.45, 7) is 14.9. The predicted octanol–water partition coefficient (Wildman–Crippen LogP) is 4.33. The maximum Gasteiger partial charge on any atom is -0.0129 e. The van der Waals surface area contributed by atoms with Crippen LogP contribution in [0.4, 0.5) is 0 Å². The Balaban J connectivity index is 3.21. The van der Waals surface area contributed by atoms with Crippen molar-refractivity contribution in [3.63, 3.8) is 0 Å². The van der Waals surface area contributed by atoms with E-state index >= 15 is 0 Å². The first kappa shape index (κ1) is 11.0. The minimum absolute atomic E-state index is 0.234. The summed E-state index contributed by atoms with van der Waals surface area (Å²) in [6, 6.07) is 6.61. The van der Waals surface area contributed by atoms with E-state index in [1.54, 1.807) is 0 Å². The molecule has 0 heteroatoms. The molecule has 0 bridgehead atoms. The summed E-state index contributed by atoms with van der Waals surface area (Å²) < 4.78 is 0. The topological polar surface area (TPSA) is 0 Å². The molecule has 0 aliphatic heterocycles. The molecule has 0 aromatic heterocycles. The van der Waals surface area contributed by atoms with Gasteiger partial charge in [-0.2, -0.15) is 0 Å². The summed E-state index contributed by atoms with van der Waals surface area (Å²) in [4.78, 5) is 0. The van der Waals surface area contributed by atoms with Gasteiger partial charge < -0.3 is 0 Å². The zero-order valence-corrected chi connectivity index (χ0v) is 9.94. The van der Waals surface area contributed by atoms with E-state index in [1.165, 1.54) is 16.7 Å². The quantitative estimate of drug-likeness (QED) is 0.615. The van der Waals surface area contributed by atoms with E-state index in [0.29, 0.717) is 0 Å². The highest BCUT2D eigenvalue weighted by Crippen LogP contribution is 2.27. The largest absolute Gasteiger partial charge is 0.0955 e. The van der Waals surface area contributed by atoms with Gasteiger partial charge in [-0.15, -0.1) is 0 Å². The number of benzene rings is 1. The average Bonchev–Trinajstić information content (AvgIpc) is 2.01. The van der Waals surface area contributed by atoms with E-state index in [2.05, 4.69) is 52.5 Å². The number of aryl methyl sites for hydroxylation is 1. The number of allylic oxidation sites excluding steroid dienone is 1. The first-order valence-corrected chi connectivity index (χ1v) is 5.09. The van der Waals surface area contributed by atoms with Crippen molar-refractivity contribution >= 4 is 5.57 Å². The summed E-state index contributed by atoms with van der Waals surface area (Å²) in [5.41, 5.74) is 5.39. The molecule has 0 N–H and O–H groups in total. The summed E-state index contributed by atoms with van der Waals surface area (Å²) >= 11 is 0. The van der Waals surface area contributed by atoms with Gasteiger partial charge in [0, 0.05) is 0 Å². The Labute approximate surface area is 87.7 Å². The van der Waals surface area contributed by atoms with Crippen LogP contribution in [0.3, 0.4) is 0 Å². The molecular formula is C14H20. The van der Waals surface area contributed by atoms with Gasteiger partial charge in [-0.3, -0.25) is 0 Å². The Kier molecular flexibility index (Phi) is 2.84. The van der Waals surface area contributed by atoms with E-state index in [9.17, 15) is 0 Å². The molecule has 0 saturated heterocycles. The van der Waals surface area contributed by atoms with Crippen LogP contribution in [0, 0.1) is 6.92 Å². The predicted molar refractivity (Wildman–Crippen MR) is 64.6 cm³/mol. The Hall–Kier alpha value is -1.04. The Bertz CT molecular complexity index is 351. The molecule has 0 unspecified atom stereocenters. The zero-order valence-electron chi connectivity index (χ0n) is 9.94. The SMILES string of the molecule is C=C(C)c1ccc(C(C)(C)C)c(C)c1. The normalized spacial score (nSPS) is 11.5. The molecule has 0 aliphatic carbocycles. The molecule has 0 fully saturated rings. The van der Waals surface area contributed by atoms with Gasteiger partial charge in [0.05, 0.1) is 0 Å². The van der Waals surface area contributed by atoms with Crippen LogP contribution >= 0.6 is 0 Å². The van der Waals surface area contributed by atoms with E-state index in [1.807, 2.05) is 6.92 Å². The van der Waals surface area contributed by atoms with Crippen molar-refractivity contribution in [1.29, 1.82) is 0 Å². The van der Waals surface area contributed by atoms with Gasteiger partial charge in [-0.25, -0.2) is 0 Å². The molecule has 0 saturated carbocycles. The highest BCUT2D eigenvalue weighted by atomic mass is 14.2. The van der Waals surface area contributed by atoms with Crippen LogP contribution in [0.25, 0.3) is 5.57 Å². The van der Waals surface area contributed by atoms with Crippen LogP contribution in [0.15, 0.2) is 24.8 Å². The lowest BCUT2D eigenvalue weighted by molar-refractivity contribution is 0.586. The van der Waals surface area contributed by atoms with Crippen molar-refractivity contribution < 1.29 is 0 Å². The minimum atomic E-state index is 0.234. The van der Waals surface area contributed by atoms with E-state index in [0.717, 1.165) is 5.57 Å². The fraction of sp³-hybridized carbons (Fsp3) is 0.429. The lowest BCUT2D eigenvalue weighted by Gasteiger charge is -2.22. The molecular weight excluding hydrogens is 168 g/mol. The molecule has 0 spiro atoms. The second kappa shape index (κ2) is 3.61. The Morgan fingerprint density at radius 1 is 1.21 bits per heavy atom. The highest BCUT2D eigenvalue weighted by molar-refractivity contribution is 5.62. The van der Waals surface area contributed by atoms with E-state index < -0.39 is 0 Å². The molecule has 76 valence electrons. The molecule has 0 heterocycles. The van der Waals surface area contributed by atoms with Crippen molar-refractivity contribution in [2.24, 2.45) is 0 Å². The van der Waals surface area contributed by atoms with Crippen molar-refractivity contribution in [3.05, 3.63) is 41.5 Å². The molecule has 0 radical (unpaired) electrons. The van der Waals surface area contributed by atoms with Crippen molar-refractivity contribution in [2.75, 3.05) is 0 Å². The summed E-state index contributed by atoms with van der Waals surface area (Å²) in [5.74, 6) is 0. The third-order valence-electron chi connectivity index (χ3n) is 2.53. The van der Waals surface area contributed by atoms with Gasteiger partial charge in [0.1, 0.15) is 0 Å². The van der Waals surface area contributed by atoms with Crippen LogP contribution in [0.1, 0.15) is 44.4 Å². The Morgan fingerprint density at radius 3 is 2.14 bits per heavy atom. The number of rotatable bonds is 1. The second-order valence-electron chi connectivity index (χ2n) is 5.06. The fourth-order valence-corrected chi connectivity index (χ4v) is 1.77. The van der Waals surface area contributed by atoms with Gasteiger partial charge in [-0.1, -0.05) is 51.1 Å². The van der Waals surface area contributed by atoms with Crippen molar-refractivity contribution in [2.45, 2.75) is 40.0 Å². The highest BCUT2D eigenvalue weighted by Gasteiger charge is 2.15. The second-order valence-corrected chi connectivity index (χ2v) is 5.06. The average molecular weight is 188 g/mol. The van der Waals surface area contributed by atoms with E-state index in [4.69, 9.17) is 0 Å². The fourth-order valence-electron chi connectivity index (χ4n) is 1.77. The van der Waals surface area contributed by atoms with Crippen LogP contribution < -0.4 is 0 Å². The summed E-state index contributed by atoms with van der Waals surface area (Å²) in [6.07, 6.45) is 0. The van der Waals surface area contributed by atoms with Gasteiger partial charge in [0.25, 0.3) is 0 Å². The van der Waals surface area contributed by atoms with Gasteiger partial charge in [0.2, 0.25) is 0 Å². The lowest BCUT2D eigenvalue weighted by atomic mass is 9.83. The van der Waals surface area contributed by atoms with Gasteiger partial charge >= 0.3 is 0 Å². The monoisotopic (exact) mass is 188 g/mol. The minimum Gasteiger partial charge on any atom is -0.0955 e. The molecule has 0 aliphatic rings. The Morgan fingerprint density at radius 2 is 1.79 bits per heavy atom. The molecule has 1 rings (SSSR count). The zero-order chi connectivity index (χ0) is 10.9. The molecule has 0 nitrogen and oxygen atoms in total. The third-order valence-corrected chi connectivity index (χ3v) is 2.53. The summed E-state index contributed by atoms with van der Waals surface area (Å²) in [7, 11) is 0. The third kappa shape index (κ3) is 2.25. The van der Waals surface area contributed by atoms with Gasteiger partial charge in [-0.05, 0) is 36.0 Å². The lowest BCUT2D eigenvalue weighted by Crippen LogP contribution is -2.12. The van der Waals surface area contributed by atoms with Crippen LogP contribution in [-0.4, -0.2) is 0 Å². The van der Waals surface area contributed by atoms with Crippen molar-refractivity contribution in [3.8, 4) is 0 Å². The van der Waals surface area contributed by atoms with Gasteiger partial charge in [0.15, 0.2) is 0 Å². The molecule has 1 aromatic carbocycles. The van der Waals surface area contributed by atoms with Crippen LogP contribution in [0.2, 0.25) is 0 Å². The molecule has 14 heavy (non-hydrogen) atoms. The van der Waals surface area contributed by atoms with Crippen LogP contribution in [0.5, 0.6) is 0 Å². The first-order chi connectivity index (χ1) is 6.32. The number of hydrogen-bond donors (Lipinski definition) is 0. The smallest absolute Gasteiger partial charge is 0.0129 e. The van der Waals surface area contributed by atoms with E-state index in [-0.39, 0.29) is 5.41 Å². The molecule has 1 aromatic rings. The van der Waals surface area contributed by atoms with Crippen LogP contribution in [-0.2, 0) is 5.41 Å². The molecule has 0 amide bonds. The summed E-state index contributed by atoms with van der Waals surface area (Å²) in [5, 5.41) is 0. The maximum atomic E-state index is 3.96. The first-order valence-electron chi connectivity index (χ1n) is 5.09.